The lowest BCUT2D eigenvalue weighted by molar-refractivity contribution is -0.137. The molecule has 0 radical (unpaired) electrons. The van der Waals surface area contributed by atoms with Crippen molar-refractivity contribution in [2.75, 3.05) is 0 Å². The van der Waals surface area contributed by atoms with Gasteiger partial charge in [-0.15, -0.1) is 6.58 Å². The van der Waals surface area contributed by atoms with Gasteiger partial charge in [-0.3, -0.25) is 9.69 Å². The molecule has 1 aliphatic heterocycles. The van der Waals surface area contributed by atoms with Gasteiger partial charge in [0.2, 0.25) is 0 Å². The first kappa shape index (κ1) is 27.0. The smallest absolute Gasteiger partial charge is 0.323 e. The molecule has 0 aliphatic carbocycles. The van der Waals surface area contributed by atoms with Crippen LogP contribution in [0.25, 0.3) is 0 Å². The van der Waals surface area contributed by atoms with Crippen LogP contribution in [-0.2, 0) is 16.8 Å². The van der Waals surface area contributed by atoms with Gasteiger partial charge in [0.15, 0.2) is 0 Å². The molecule has 2 atom stereocenters. The fourth-order valence-corrected chi connectivity index (χ4v) is 4.54. The van der Waals surface area contributed by atoms with Gasteiger partial charge in [0.25, 0.3) is 0 Å². The summed E-state index contributed by atoms with van der Waals surface area (Å²) in [6, 6.07) is 5.78. The van der Waals surface area contributed by atoms with Crippen LogP contribution in [0.5, 0.6) is 0 Å². The number of carbonyl (C=O) groups is 2. The van der Waals surface area contributed by atoms with E-state index in [0.29, 0.717) is 5.02 Å². The molecule has 0 fully saturated rings. The molecule has 0 saturated carbocycles. The average molecular weight is 475 g/mol. The monoisotopic (exact) mass is 474 g/mol. The van der Waals surface area contributed by atoms with Gasteiger partial charge in [-0.05, 0) is 67.2 Å². The lowest BCUT2D eigenvalue weighted by Gasteiger charge is -2.47. The van der Waals surface area contributed by atoms with E-state index in [1.807, 2.05) is 32.2 Å². The number of hydrogen-bond acceptors (Lipinski definition) is 2. The maximum Gasteiger partial charge on any atom is 0.323 e. The minimum Gasteiger partial charge on any atom is -0.481 e. The molecular weight excluding hydrogens is 436 g/mol. The second-order valence-corrected chi connectivity index (χ2v) is 11.4. The maximum absolute atomic E-state index is 13.3. The Hall–Kier alpha value is -2.27. The first-order valence-corrected chi connectivity index (χ1v) is 12.0. The Kier molecular flexibility index (Phi) is 8.11. The molecule has 6 heteroatoms. The van der Waals surface area contributed by atoms with E-state index in [1.165, 1.54) is 0 Å². The molecule has 0 saturated heterocycles. The van der Waals surface area contributed by atoms with Gasteiger partial charge in [0.05, 0.1) is 11.1 Å². The third-order valence-corrected chi connectivity index (χ3v) is 7.00. The molecule has 0 spiro atoms. The summed E-state index contributed by atoms with van der Waals surface area (Å²) in [5.41, 5.74) is 1.71. The quantitative estimate of drug-likeness (QED) is 0.382. The van der Waals surface area contributed by atoms with Crippen LogP contribution in [0.1, 0.15) is 78.9 Å². The Bertz CT molecular complexity index is 947. The molecule has 33 heavy (non-hydrogen) atoms. The summed E-state index contributed by atoms with van der Waals surface area (Å²) in [6.45, 7) is 18.5. The van der Waals surface area contributed by atoms with Crippen molar-refractivity contribution < 1.29 is 14.7 Å². The standard InChI is InChI=1S/C27H39ClN2O3/c1-9-26(7,15-13-23(31)32)30-17-21(18(2)3)27(8,29-24(30)33)20-11-10-19(22(28)16-20)12-14-25(4,5)6/h9-11,16-18H,1,12-15H2,2-8H3,(H,29,33)(H,31,32)/t26?,27-/m0/s1. The first-order chi connectivity index (χ1) is 15.1. The molecular formula is C27H39ClN2O3. The van der Waals surface area contributed by atoms with Gasteiger partial charge in [0.1, 0.15) is 0 Å². The summed E-state index contributed by atoms with van der Waals surface area (Å²) in [6.07, 6.45) is 5.66. The van der Waals surface area contributed by atoms with E-state index in [9.17, 15) is 9.59 Å². The minimum atomic E-state index is -0.903. The van der Waals surface area contributed by atoms with Crippen molar-refractivity contribution in [2.24, 2.45) is 11.3 Å². The summed E-state index contributed by atoms with van der Waals surface area (Å²) in [4.78, 5) is 26.1. The van der Waals surface area contributed by atoms with Gasteiger partial charge in [0, 0.05) is 17.6 Å². The molecule has 1 unspecified atom stereocenters. The van der Waals surface area contributed by atoms with Gasteiger partial charge in [-0.2, -0.15) is 0 Å². The number of hydrogen-bond donors (Lipinski definition) is 2. The van der Waals surface area contributed by atoms with Crippen molar-refractivity contribution in [3.63, 3.8) is 0 Å². The highest BCUT2D eigenvalue weighted by Crippen LogP contribution is 2.41. The van der Waals surface area contributed by atoms with E-state index >= 15 is 0 Å². The molecule has 2 amide bonds. The minimum absolute atomic E-state index is 0.0555. The van der Waals surface area contributed by atoms with E-state index in [0.717, 1.165) is 29.5 Å². The van der Waals surface area contributed by atoms with Crippen LogP contribution in [0.2, 0.25) is 5.02 Å². The number of aryl methyl sites for hydroxylation is 1. The zero-order valence-electron chi connectivity index (χ0n) is 21.1. The number of benzene rings is 1. The number of carboxylic acids is 1. The summed E-state index contributed by atoms with van der Waals surface area (Å²) >= 11 is 6.69. The van der Waals surface area contributed by atoms with Crippen LogP contribution < -0.4 is 5.32 Å². The molecule has 2 N–H and O–H groups in total. The number of aliphatic carboxylic acids is 1. The largest absolute Gasteiger partial charge is 0.481 e. The van der Waals surface area contributed by atoms with Crippen LogP contribution in [0.15, 0.2) is 42.6 Å². The number of carboxylic acid groups (broad SMARTS) is 1. The third kappa shape index (κ3) is 6.20. The van der Waals surface area contributed by atoms with Crippen LogP contribution in [0.4, 0.5) is 4.79 Å². The summed E-state index contributed by atoms with van der Waals surface area (Å²) in [5.74, 6) is -0.773. The van der Waals surface area contributed by atoms with E-state index in [1.54, 1.807) is 11.0 Å². The Balaban J connectivity index is 2.47. The molecule has 2 rings (SSSR count). The predicted octanol–water partition coefficient (Wildman–Crippen LogP) is 6.91. The molecule has 5 nitrogen and oxygen atoms in total. The van der Waals surface area contributed by atoms with Crippen molar-refractivity contribution in [3.05, 3.63) is 58.8 Å². The van der Waals surface area contributed by atoms with E-state index in [2.05, 4.69) is 52.6 Å². The van der Waals surface area contributed by atoms with E-state index < -0.39 is 17.0 Å². The Morgan fingerprint density at radius 2 is 1.91 bits per heavy atom. The molecule has 0 aromatic heterocycles. The van der Waals surface area contributed by atoms with E-state index in [-0.39, 0.29) is 30.2 Å². The molecule has 182 valence electrons. The molecule has 1 aliphatic rings. The molecule has 0 bridgehead atoms. The van der Waals surface area contributed by atoms with Crippen LogP contribution in [0, 0.1) is 11.3 Å². The molecule has 1 heterocycles. The molecule has 1 aromatic rings. The van der Waals surface area contributed by atoms with Gasteiger partial charge in [-0.1, -0.05) is 64.4 Å². The summed E-state index contributed by atoms with van der Waals surface area (Å²) < 4.78 is 0. The Labute approximate surface area is 203 Å². The summed E-state index contributed by atoms with van der Waals surface area (Å²) in [7, 11) is 0. The lowest BCUT2D eigenvalue weighted by atomic mass is 9.77. The number of amides is 2. The first-order valence-electron chi connectivity index (χ1n) is 11.6. The SMILES string of the molecule is C=CC(C)(CCC(=O)O)N1C=C(C(C)C)[C@](C)(c2ccc(CCC(C)(C)C)c(Cl)c2)NC1=O. The average Bonchev–Trinajstić information content (AvgIpc) is 2.70. The highest BCUT2D eigenvalue weighted by atomic mass is 35.5. The number of halogens is 1. The second-order valence-electron chi connectivity index (χ2n) is 11.0. The van der Waals surface area contributed by atoms with Crippen LogP contribution in [-0.4, -0.2) is 27.5 Å². The second kappa shape index (κ2) is 9.92. The Morgan fingerprint density at radius 3 is 2.39 bits per heavy atom. The fourth-order valence-electron chi connectivity index (χ4n) is 4.27. The van der Waals surface area contributed by atoms with Crippen LogP contribution >= 0.6 is 11.6 Å². The third-order valence-electron chi connectivity index (χ3n) is 6.65. The molecule has 1 aromatic carbocycles. The summed E-state index contributed by atoms with van der Waals surface area (Å²) in [5, 5.41) is 13.0. The van der Waals surface area contributed by atoms with Gasteiger partial charge >= 0.3 is 12.0 Å². The van der Waals surface area contributed by atoms with Crippen molar-refractivity contribution in [1.29, 1.82) is 0 Å². The number of nitrogens with zero attached hydrogens (tertiary/aromatic N) is 1. The number of nitrogens with one attached hydrogen (secondary N) is 1. The normalized spacial score (nSPS) is 20.8. The number of rotatable bonds is 9. The highest BCUT2D eigenvalue weighted by molar-refractivity contribution is 6.31. The zero-order chi connectivity index (χ0) is 25.2. The lowest BCUT2D eigenvalue weighted by Crippen LogP contribution is -2.59. The van der Waals surface area contributed by atoms with Crippen molar-refractivity contribution in [3.8, 4) is 0 Å². The predicted molar refractivity (Wildman–Crippen MR) is 135 cm³/mol. The Morgan fingerprint density at radius 1 is 1.27 bits per heavy atom. The maximum atomic E-state index is 13.3. The van der Waals surface area contributed by atoms with E-state index in [4.69, 9.17) is 16.7 Å². The fraction of sp³-hybridized carbons (Fsp3) is 0.556. The van der Waals surface area contributed by atoms with Crippen molar-refractivity contribution >= 4 is 23.6 Å². The highest BCUT2D eigenvalue weighted by Gasteiger charge is 2.44. The van der Waals surface area contributed by atoms with Gasteiger partial charge in [-0.25, -0.2) is 4.79 Å². The van der Waals surface area contributed by atoms with Crippen molar-refractivity contribution in [2.45, 2.75) is 85.2 Å². The topological polar surface area (TPSA) is 69.6 Å². The number of carbonyl (C=O) groups excluding carboxylic acids is 1. The van der Waals surface area contributed by atoms with Gasteiger partial charge < -0.3 is 10.4 Å². The number of urea groups is 1. The zero-order valence-corrected chi connectivity index (χ0v) is 21.8. The van der Waals surface area contributed by atoms with Crippen molar-refractivity contribution in [1.82, 2.24) is 10.2 Å². The van der Waals surface area contributed by atoms with Crippen LogP contribution in [0.3, 0.4) is 0 Å².